The maximum absolute atomic E-state index is 10.4. The monoisotopic (exact) mass is 202 g/mol. The second kappa shape index (κ2) is 3.36. The van der Waals surface area contributed by atoms with Crippen molar-refractivity contribution in [3.05, 3.63) is 33.0 Å². The second-order valence-corrected chi connectivity index (χ2v) is 2.53. The zero-order valence-corrected chi connectivity index (χ0v) is 6.85. The van der Waals surface area contributed by atoms with Crippen LogP contribution in [0.4, 0.5) is 5.82 Å². The van der Waals surface area contributed by atoms with Gasteiger partial charge in [0.05, 0.1) is 11.1 Å². The minimum atomic E-state index is -1.36. The Bertz CT molecular complexity index is 347. The molecule has 7 heteroatoms. The van der Waals surface area contributed by atoms with Crippen LogP contribution in [0.2, 0.25) is 5.02 Å². The van der Waals surface area contributed by atoms with E-state index in [1.165, 1.54) is 0 Å². The Labute approximate surface area is 76.9 Å². The summed E-state index contributed by atoms with van der Waals surface area (Å²) in [6.07, 6.45) is 0. The van der Waals surface area contributed by atoms with Gasteiger partial charge in [-0.15, -0.1) is 0 Å². The van der Waals surface area contributed by atoms with Crippen LogP contribution in [0.1, 0.15) is 10.5 Å². The molecule has 1 aromatic rings. The molecule has 0 amide bonds. The zero-order chi connectivity index (χ0) is 10.0. The van der Waals surface area contributed by atoms with E-state index >= 15 is 0 Å². The third-order valence-corrected chi connectivity index (χ3v) is 1.40. The van der Waals surface area contributed by atoms with Crippen molar-refractivity contribution in [3.63, 3.8) is 0 Å². The molecule has 13 heavy (non-hydrogen) atoms. The van der Waals surface area contributed by atoms with E-state index in [0.29, 0.717) is 0 Å². The van der Waals surface area contributed by atoms with Gasteiger partial charge in [-0.1, -0.05) is 11.6 Å². The first-order valence-corrected chi connectivity index (χ1v) is 3.44. The zero-order valence-electron chi connectivity index (χ0n) is 6.10. The van der Waals surface area contributed by atoms with Gasteiger partial charge in [0.25, 0.3) is 5.69 Å². The highest BCUT2D eigenvalue weighted by atomic mass is 35.5. The lowest BCUT2D eigenvalue weighted by molar-refractivity contribution is -0.389. The minimum absolute atomic E-state index is 0.0286. The lowest BCUT2D eigenvalue weighted by Crippen LogP contribution is -2.02. The summed E-state index contributed by atoms with van der Waals surface area (Å²) in [6.45, 7) is 0. The molecule has 0 radical (unpaired) electrons. The topological polar surface area (TPSA) is 93.3 Å². The molecule has 0 aliphatic rings. The first-order chi connectivity index (χ1) is 6.00. The summed E-state index contributed by atoms with van der Waals surface area (Å²) in [5.74, 6) is -1.93. The van der Waals surface area contributed by atoms with Crippen molar-refractivity contribution in [3.8, 4) is 0 Å². The largest absolute Gasteiger partial charge is 0.475 e. The molecule has 1 rings (SSSR count). The van der Waals surface area contributed by atoms with Crippen molar-refractivity contribution >= 4 is 23.4 Å². The number of halogens is 1. The third-order valence-electron chi connectivity index (χ3n) is 1.18. The SMILES string of the molecule is O=C(O)c1cc(Cl)cc([N+](=O)[O-])n1. The molecule has 0 spiro atoms. The number of aromatic nitrogens is 1. The van der Waals surface area contributed by atoms with Gasteiger partial charge in [0.15, 0.2) is 0 Å². The Balaban J connectivity index is 3.26. The molecule has 1 heterocycles. The maximum atomic E-state index is 10.4. The number of carboxylic acid groups (broad SMARTS) is 1. The molecular formula is C6H3ClN2O4. The fourth-order valence-corrected chi connectivity index (χ4v) is 0.888. The number of hydrogen-bond acceptors (Lipinski definition) is 4. The molecule has 0 aromatic carbocycles. The molecule has 0 fully saturated rings. The summed E-state index contributed by atoms with van der Waals surface area (Å²) in [7, 11) is 0. The molecule has 0 atom stereocenters. The van der Waals surface area contributed by atoms with Crippen LogP contribution in [0, 0.1) is 10.1 Å². The molecule has 0 saturated heterocycles. The third kappa shape index (κ3) is 2.12. The molecule has 1 aromatic heterocycles. The van der Waals surface area contributed by atoms with Crippen LogP contribution in [0.3, 0.4) is 0 Å². The van der Waals surface area contributed by atoms with Crippen LogP contribution in [-0.2, 0) is 0 Å². The Hall–Kier alpha value is -1.69. The van der Waals surface area contributed by atoms with Gasteiger partial charge in [-0.05, 0) is 9.91 Å². The molecule has 0 aliphatic heterocycles. The van der Waals surface area contributed by atoms with Crippen LogP contribution in [-0.4, -0.2) is 21.0 Å². The number of carbonyl (C=O) groups is 1. The Morgan fingerprint density at radius 2 is 2.23 bits per heavy atom. The number of pyridine rings is 1. The molecule has 6 nitrogen and oxygen atoms in total. The van der Waals surface area contributed by atoms with E-state index in [2.05, 4.69) is 4.98 Å². The number of nitrogens with zero attached hydrogens (tertiary/aromatic N) is 2. The summed E-state index contributed by atoms with van der Waals surface area (Å²) in [5, 5.41) is 18.7. The van der Waals surface area contributed by atoms with E-state index in [4.69, 9.17) is 16.7 Å². The summed E-state index contributed by atoms with van der Waals surface area (Å²) in [5.41, 5.74) is -0.445. The highest BCUT2D eigenvalue weighted by Gasteiger charge is 2.17. The fourth-order valence-electron chi connectivity index (χ4n) is 0.687. The summed E-state index contributed by atoms with van der Waals surface area (Å²) >= 11 is 5.43. The van der Waals surface area contributed by atoms with Crippen molar-refractivity contribution in [1.29, 1.82) is 0 Å². The fraction of sp³-hybridized carbons (Fsp3) is 0. The Morgan fingerprint density at radius 3 is 2.69 bits per heavy atom. The predicted octanol–water partition coefficient (Wildman–Crippen LogP) is 1.34. The van der Waals surface area contributed by atoms with Gasteiger partial charge in [-0.3, -0.25) is 0 Å². The van der Waals surface area contributed by atoms with Crippen molar-refractivity contribution in [2.45, 2.75) is 0 Å². The Morgan fingerprint density at radius 1 is 1.62 bits per heavy atom. The van der Waals surface area contributed by atoms with E-state index in [1.54, 1.807) is 0 Å². The molecule has 0 saturated carbocycles. The summed E-state index contributed by atoms with van der Waals surface area (Å²) in [6, 6.07) is 2.02. The van der Waals surface area contributed by atoms with Gasteiger partial charge in [-0.2, -0.15) is 0 Å². The quantitative estimate of drug-likeness (QED) is 0.577. The average molecular weight is 203 g/mol. The van der Waals surface area contributed by atoms with Gasteiger partial charge in [0, 0.05) is 6.07 Å². The predicted molar refractivity (Wildman–Crippen MR) is 42.9 cm³/mol. The number of aromatic carboxylic acids is 1. The molecule has 0 bridgehead atoms. The lowest BCUT2D eigenvalue weighted by Gasteiger charge is -1.93. The average Bonchev–Trinajstić information content (AvgIpc) is 2.03. The van der Waals surface area contributed by atoms with Gasteiger partial charge >= 0.3 is 11.8 Å². The smallest absolute Gasteiger partial charge is 0.380 e. The van der Waals surface area contributed by atoms with Crippen LogP contribution in [0.15, 0.2) is 12.1 Å². The minimum Gasteiger partial charge on any atom is -0.475 e. The standard InChI is InChI=1S/C6H3ClN2O4/c7-3-1-4(6(10)11)8-5(2-3)9(12)13/h1-2H,(H,10,11). The van der Waals surface area contributed by atoms with Gasteiger partial charge < -0.3 is 15.2 Å². The van der Waals surface area contributed by atoms with Gasteiger partial charge in [0.1, 0.15) is 0 Å². The van der Waals surface area contributed by atoms with E-state index < -0.39 is 22.4 Å². The molecule has 68 valence electrons. The molecular weight excluding hydrogens is 200 g/mol. The van der Waals surface area contributed by atoms with Crippen LogP contribution < -0.4 is 0 Å². The van der Waals surface area contributed by atoms with Crippen LogP contribution in [0.25, 0.3) is 0 Å². The Kier molecular flexibility index (Phi) is 2.43. The molecule has 0 aliphatic carbocycles. The number of hydrogen-bond donors (Lipinski definition) is 1. The van der Waals surface area contributed by atoms with Crippen molar-refractivity contribution < 1.29 is 14.8 Å². The van der Waals surface area contributed by atoms with Gasteiger partial charge in [-0.25, -0.2) is 4.79 Å². The van der Waals surface area contributed by atoms with Crippen molar-refractivity contribution in [1.82, 2.24) is 4.98 Å². The van der Waals surface area contributed by atoms with Crippen molar-refractivity contribution in [2.24, 2.45) is 0 Å². The van der Waals surface area contributed by atoms with Crippen LogP contribution >= 0.6 is 11.6 Å². The van der Waals surface area contributed by atoms with E-state index in [9.17, 15) is 14.9 Å². The summed E-state index contributed by atoms with van der Waals surface area (Å²) in [4.78, 5) is 23.0. The van der Waals surface area contributed by atoms with E-state index in [0.717, 1.165) is 12.1 Å². The highest BCUT2D eigenvalue weighted by molar-refractivity contribution is 6.31. The molecule has 1 N–H and O–H groups in total. The van der Waals surface area contributed by atoms with Crippen LogP contribution in [0.5, 0.6) is 0 Å². The highest BCUT2D eigenvalue weighted by Crippen LogP contribution is 2.16. The number of rotatable bonds is 2. The maximum Gasteiger partial charge on any atom is 0.380 e. The first kappa shape index (κ1) is 9.40. The summed E-state index contributed by atoms with van der Waals surface area (Å²) < 4.78 is 0. The normalized spacial score (nSPS) is 9.62. The lowest BCUT2D eigenvalue weighted by atomic mass is 10.3. The first-order valence-electron chi connectivity index (χ1n) is 3.06. The van der Waals surface area contributed by atoms with E-state index in [1.807, 2.05) is 0 Å². The second-order valence-electron chi connectivity index (χ2n) is 2.09. The molecule has 0 unspecified atom stereocenters. The van der Waals surface area contributed by atoms with Gasteiger partial charge in [0.2, 0.25) is 0 Å². The van der Waals surface area contributed by atoms with Crippen molar-refractivity contribution in [2.75, 3.05) is 0 Å². The number of nitro groups is 1. The number of carboxylic acids is 1. The van der Waals surface area contributed by atoms with E-state index in [-0.39, 0.29) is 5.02 Å².